The summed E-state index contributed by atoms with van der Waals surface area (Å²) in [5.41, 5.74) is 0.768. The SMILES string of the molecule is CCC(C)[C@H](NC(=O)NCc1ccc(F)cc1)C(=O)OC. The highest BCUT2D eigenvalue weighted by Gasteiger charge is 2.26. The van der Waals surface area contributed by atoms with E-state index < -0.39 is 18.0 Å². The summed E-state index contributed by atoms with van der Waals surface area (Å²) in [6.45, 7) is 4.04. The Morgan fingerprint density at radius 2 is 1.90 bits per heavy atom. The Morgan fingerprint density at radius 1 is 1.29 bits per heavy atom. The second-order valence-corrected chi connectivity index (χ2v) is 4.84. The Hall–Kier alpha value is -2.11. The first kappa shape index (κ1) is 16.9. The maximum absolute atomic E-state index is 12.8. The van der Waals surface area contributed by atoms with Crippen LogP contribution in [0.1, 0.15) is 25.8 Å². The predicted molar refractivity (Wildman–Crippen MR) is 77.0 cm³/mol. The highest BCUT2D eigenvalue weighted by Crippen LogP contribution is 2.09. The zero-order chi connectivity index (χ0) is 15.8. The second kappa shape index (κ2) is 8.24. The van der Waals surface area contributed by atoms with Gasteiger partial charge in [-0.05, 0) is 23.6 Å². The van der Waals surface area contributed by atoms with Crippen molar-refractivity contribution in [3.05, 3.63) is 35.6 Å². The lowest BCUT2D eigenvalue weighted by atomic mass is 9.99. The summed E-state index contributed by atoms with van der Waals surface area (Å²) in [6.07, 6.45) is 0.734. The molecule has 0 aliphatic heterocycles. The smallest absolute Gasteiger partial charge is 0.328 e. The van der Waals surface area contributed by atoms with E-state index in [-0.39, 0.29) is 18.3 Å². The van der Waals surface area contributed by atoms with Gasteiger partial charge in [0.2, 0.25) is 0 Å². The van der Waals surface area contributed by atoms with Crippen molar-refractivity contribution in [2.75, 3.05) is 7.11 Å². The number of nitrogens with one attached hydrogen (secondary N) is 2. The minimum absolute atomic E-state index is 0.0333. The van der Waals surface area contributed by atoms with Crippen molar-refractivity contribution in [1.29, 1.82) is 0 Å². The van der Waals surface area contributed by atoms with E-state index in [1.54, 1.807) is 12.1 Å². The van der Waals surface area contributed by atoms with Crippen molar-refractivity contribution in [3.8, 4) is 0 Å². The lowest BCUT2D eigenvalue weighted by molar-refractivity contribution is -0.144. The second-order valence-electron chi connectivity index (χ2n) is 4.84. The molecule has 1 aromatic carbocycles. The van der Waals surface area contributed by atoms with E-state index in [2.05, 4.69) is 15.4 Å². The van der Waals surface area contributed by atoms with E-state index in [1.807, 2.05) is 13.8 Å². The zero-order valence-electron chi connectivity index (χ0n) is 12.5. The maximum atomic E-state index is 12.8. The third-order valence-corrected chi connectivity index (χ3v) is 3.32. The fourth-order valence-corrected chi connectivity index (χ4v) is 1.77. The molecule has 0 heterocycles. The summed E-state index contributed by atoms with van der Waals surface area (Å²) in [5.74, 6) is -0.832. The van der Waals surface area contributed by atoms with E-state index in [1.165, 1.54) is 19.2 Å². The highest BCUT2D eigenvalue weighted by atomic mass is 19.1. The minimum atomic E-state index is -0.687. The molecule has 21 heavy (non-hydrogen) atoms. The number of carbonyl (C=O) groups excluding carboxylic acids is 2. The molecule has 0 radical (unpaired) electrons. The molecule has 5 nitrogen and oxygen atoms in total. The fourth-order valence-electron chi connectivity index (χ4n) is 1.77. The van der Waals surface area contributed by atoms with Crippen LogP contribution in [0.4, 0.5) is 9.18 Å². The molecule has 0 fully saturated rings. The molecule has 1 rings (SSSR count). The van der Waals surface area contributed by atoms with Crippen molar-refractivity contribution in [2.24, 2.45) is 5.92 Å². The number of hydrogen-bond donors (Lipinski definition) is 2. The zero-order valence-corrected chi connectivity index (χ0v) is 12.5. The number of benzene rings is 1. The number of hydrogen-bond acceptors (Lipinski definition) is 3. The number of methoxy groups -OCH3 is 1. The van der Waals surface area contributed by atoms with Gasteiger partial charge in [-0.15, -0.1) is 0 Å². The summed E-state index contributed by atoms with van der Waals surface area (Å²) >= 11 is 0. The standard InChI is InChI=1S/C15H21FN2O3/c1-4-10(2)13(14(19)21-3)18-15(20)17-9-11-5-7-12(16)8-6-11/h5-8,10,13H,4,9H2,1-3H3,(H2,17,18,20)/t10?,13-/m0/s1. The molecule has 2 atom stereocenters. The molecule has 6 heteroatoms. The number of halogens is 1. The van der Waals surface area contributed by atoms with Crippen LogP contribution in [0.15, 0.2) is 24.3 Å². The van der Waals surface area contributed by atoms with Crippen LogP contribution in [-0.2, 0) is 16.1 Å². The molecule has 1 unspecified atom stereocenters. The molecule has 0 saturated heterocycles. The number of rotatable bonds is 6. The van der Waals surface area contributed by atoms with Gasteiger partial charge in [0, 0.05) is 6.54 Å². The highest BCUT2D eigenvalue weighted by molar-refractivity contribution is 5.83. The predicted octanol–water partition coefficient (Wildman–Crippen LogP) is 2.21. The third-order valence-electron chi connectivity index (χ3n) is 3.32. The van der Waals surface area contributed by atoms with Crippen LogP contribution in [0.3, 0.4) is 0 Å². The lowest BCUT2D eigenvalue weighted by Crippen LogP contribution is -2.49. The normalized spacial score (nSPS) is 13.1. The van der Waals surface area contributed by atoms with Gasteiger partial charge in [0.1, 0.15) is 11.9 Å². The van der Waals surface area contributed by atoms with Crippen molar-refractivity contribution in [3.63, 3.8) is 0 Å². The van der Waals surface area contributed by atoms with Gasteiger partial charge in [0.25, 0.3) is 0 Å². The molecule has 0 saturated carbocycles. The molecule has 0 aliphatic rings. The van der Waals surface area contributed by atoms with Crippen molar-refractivity contribution in [2.45, 2.75) is 32.9 Å². The summed E-state index contributed by atoms with van der Waals surface area (Å²) in [4.78, 5) is 23.5. The van der Waals surface area contributed by atoms with Crippen molar-refractivity contribution < 1.29 is 18.7 Å². The van der Waals surface area contributed by atoms with Crippen LogP contribution < -0.4 is 10.6 Å². The van der Waals surface area contributed by atoms with Crippen LogP contribution >= 0.6 is 0 Å². The summed E-state index contributed by atoms with van der Waals surface area (Å²) in [5, 5.41) is 5.23. The Bertz CT molecular complexity index is 476. The van der Waals surface area contributed by atoms with Crippen LogP contribution in [0.5, 0.6) is 0 Å². The van der Waals surface area contributed by atoms with Gasteiger partial charge in [0.15, 0.2) is 0 Å². The summed E-state index contributed by atoms with van der Waals surface area (Å²) in [6, 6.07) is 4.67. The first-order valence-corrected chi connectivity index (χ1v) is 6.84. The number of esters is 1. The Kier molecular flexibility index (Phi) is 6.65. The van der Waals surface area contributed by atoms with Gasteiger partial charge in [0.05, 0.1) is 7.11 Å². The number of amides is 2. The van der Waals surface area contributed by atoms with Gasteiger partial charge in [-0.2, -0.15) is 0 Å². The maximum Gasteiger partial charge on any atom is 0.328 e. The topological polar surface area (TPSA) is 67.4 Å². The Morgan fingerprint density at radius 3 is 2.43 bits per heavy atom. The van der Waals surface area contributed by atoms with Crippen molar-refractivity contribution in [1.82, 2.24) is 10.6 Å². The van der Waals surface area contributed by atoms with Gasteiger partial charge in [-0.25, -0.2) is 14.0 Å². The van der Waals surface area contributed by atoms with Crippen LogP contribution in [0.2, 0.25) is 0 Å². The number of urea groups is 1. The molecule has 0 aromatic heterocycles. The van der Waals surface area contributed by atoms with Gasteiger partial charge in [-0.1, -0.05) is 32.4 Å². The largest absolute Gasteiger partial charge is 0.467 e. The van der Waals surface area contributed by atoms with E-state index in [4.69, 9.17) is 0 Å². The molecule has 0 bridgehead atoms. The van der Waals surface area contributed by atoms with Gasteiger partial charge >= 0.3 is 12.0 Å². The van der Waals surface area contributed by atoms with E-state index in [0.717, 1.165) is 12.0 Å². The quantitative estimate of drug-likeness (QED) is 0.791. The average Bonchev–Trinajstić information content (AvgIpc) is 2.50. The van der Waals surface area contributed by atoms with Crippen LogP contribution in [0.25, 0.3) is 0 Å². The molecule has 2 N–H and O–H groups in total. The first-order chi connectivity index (χ1) is 9.97. The van der Waals surface area contributed by atoms with E-state index in [9.17, 15) is 14.0 Å². The average molecular weight is 296 g/mol. The van der Waals surface area contributed by atoms with E-state index in [0.29, 0.717) is 0 Å². The lowest BCUT2D eigenvalue weighted by Gasteiger charge is -2.22. The van der Waals surface area contributed by atoms with Gasteiger partial charge in [-0.3, -0.25) is 0 Å². The molecular weight excluding hydrogens is 275 g/mol. The van der Waals surface area contributed by atoms with E-state index >= 15 is 0 Å². The molecular formula is C15H21FN2O3. The van der Waals surface area contributed by atoms with Gasteiger partial charge < -0.3 is 15.4 Å². The van der Waals surface area contributed by atoms with Crippen LogP contribution in [-0.4, -0.2) is 25.2 Å². The molecule has 0 spiro atoms. The Labute approximate surface area is 123 Å². The summed E-state index contributed by atoms with van der Waals surface area (Å²) < 4.78 is 17.5. The first-order valence-electron chi connectivity index (χ1n) is 6.84. The minimum Gasteiger partial charge on any atom is -0.467 e. The van der Waals surface area contributed by atoms with Crippen molar-refractivity contribution >= 4 is 12.0 Å². The number of ether oxygens (including phenoxy) is 1. The number of carbonyl (C=O) groups is 2. The molecule has 116 valence electrons. The summed E-state index contributed by atoms with van der Waals surface area (Å²) in [7, 11) is 1.29. The molecule has 2 amide bonds. The monoisotopic (exact) mass is 296 g/mol. The fraction of sp³-hybridized carbons (Fsp3) is 0.467. The molecule has 1 aromatic rings. The third kappa shape index (κ3) is 5.41. The Balaban J connectivity index is 2.53. The molecule has 0 aliphatic carbocycles. The van der Waals surface area contributed by atoms with Crippen LogP contribution in [0, 0.1) is 11.7 Å².